The molecule has 0 aliphatic heterocycles. The average Bonchev–Trinajstić information content (AvgIpc) is 2.55. The lowest BCUT2D eigenvalue weighted by molar-refractivity contribution is 0.414. The summed E-state index contributed by atoms with van der Waals surface area (Å²) in [5.41, 5.74) is 7.86. The van der Waals surface area contributed by atoms with Gasteiger partial charge in [0.15, 0.2) is 5.96 Å². The number of pyridine rings is 1. The topological polar surface area (TPSA) is 72.5 Å². The van der Waals surface area contributed by atoms with Crippen LogP contribution >= 0.6 is 11.6 Å². The lowest BCUT2D eigenvalue weighted by atomic mass is 10.1. The van der Waals surface area contributed by atoms with Gasteiger partial charge in [0.1, 0.15) is 5.75 Å². The highest BCUT2D eigenvalue weighted by Crippen LogP contribution is 2.11. The van der Waals surface area contributed by atoms with E-state index in [4.69, 9.17) is 22.1 Å². The van der Waals surface area contributed by atoms with E-state index in [0.717, 1.165) is 24.4 Å². The quantitative estimate of drug-likeness (QED) is 0.633. The van der Waals surface area contributed by atoms with Crippen LogP contribution in [0.5, 0.6) is 5.75 Å². The molecule has 0 amide bonds. The first-order chi connectivity index (χ1) is 10.7. The Hall–Kier alpha value is -2.27. The summed E-state index contributed by atoms with van der Waals surface area (Å²) < 4.78 is 5.12. The van der Waals surface area contributed by atoms with E-state index in [1.54, 1.807) is 19.4 Å². The Morgan fingerprint density at radius 1 is 1.27 bits per heavy atom. The van der Waals surface area contributed by atoms with Crippen LogP contribution in [-0.4, -0.2) is 24.6 Å². The van der Waals surface area contributed by atoms with Gasteiger partial charge in [0, 0.05) is 12.7 Å². The number of hydrogen-bond acceptors (Lipinski definition) is 3. The fraction of sp³-hybridized carbons (Fsp3) is 0.250. The van der Waals surface area contributed by atoms with Crippen molar-refractivity contribution in [3.8, 4) is 5.75 Å². The second-order valence-corrected chi connectivity index (χ2v) is 5.13. The monoisotopic (exact) mass is 318 g/mol. The number of guanidine groups is 1. The molecule has 0 fully saturated rings. The van der Waals surface area contributed by atoms with Crippen LogP contribution in [0.25, 0.3) is 0 Å². The largest absolute Gasteiger partial charge is 0.497 e. The number of methoxy groups -OCH3 is 1. The Kier molecular flexibility index (Phi) is 6.03. The first kappa shape index (κ1) is 16.1. The lowest BCUT2D eigenvalue weighted by Gasteiger charge is -2.06. The van der Waals surface area contributed by atoms with Crippen molar-refractivity contribution in [2.24, 2.45) is 10.7 Å². The summed E-state index contributed by atoms with van der Waals surface area (Å²) in [5.74, 6) is 1.26. The molecule has 0 atom stereocenters. The molecule has 6 heteroatoms. The highest BCUT2D eigenvalue weighted by atomic mass is 35.5. The molecule has 0 aliphatic rings. The van der Waals surface area contributed by atoms with Crippen molar-refractivity contribution in [1.29, 1.82) is 0 Å². The zero-order valence-electron chi connectivity index (χ0n) is 12.4. The van der Waals surface area contributed by atoms with Gasteiger partial charge in [-0.25, -0.2) is 4.99 Å². The van der Waals surface area contributed by atoms with Gasteiger partial charge < -0.3 is 15.8 Å². The van der Waals surface area contributed by atoms with Crippen LogP contribution in [0.1, 0.15) is 11.3 Å². The Labute approximate surface area is 135 Å². The van der Waals surface area contributed by atoms with Gasteiger partial charge in [-0.3, -0.25) is 4.98 Å². The Balaban J connectivity index is 1.75. The number of halogens is 1. The van der Waals surface area contributed by atoms with Gasteiger partial charge in [-0.2, -0.15) is 0 Å². The molecule has 22 heavy (non-hydrogen) atoms. The third-order valence-electron chi connectivity index (χ3n) is 3.08. The van der Waals surface area contributed by atoms with Crippen molar-refractivity contribution in [1.82, 2.24) is 10.3 Å². The molecule has 0 aliphatic carbocycles. The van der Waals surface area contributed by atoms with E-state index in [1.807, 2.05) is 30.3 Å². The van der Waals surface area contributed by atoms with E-state index in [0.29, 0.717) is 17.5 Å². The van der Waals surface area contributed by atoms with Crippen LogP contribution in [-0.2, 0) is 13.0 Å². The number of nitrogens with one attached hydrogen (secondary N) is 1. The summed E-state index contributed by atoms with van der Waals surface area (Å²) in [7, 11) is 1.66. The van der Waals surface area contributed by atoms with Crippen LogP contribution in [0, 0.1) is 0 Å². The smallest absolute Gasteiger partial charge is 0.188 e. The number of rotatable bonds is 6. The number of aliphatic imine (C=N–C) groups is 1. The van der Waals surface area contributed by atoms with E-state index in [1.165, 1.54) is 5.56 Å². The summed E-state index contributed by atoms with van der Waals surface area (Å²) in [6.45, 7) is 1.15. The van der Waals surface area contributed by atoms with Gasteiger partial charge >= 0.3 is 0 Å². The second kappa shape index (κ2) is 8.24. The molecule has 0 bridgehead atoms. The number of aromatic nitrogens is 1. The van der Waals surface area contributed by atoms with Gasteiger partial charge in [-0.05, 0) is 36.2 Å². The molecular weight excluding hydrogens is 300 g/mol. The third-order valence-corrected chi connectivity index (χ3v) is 3.30. The average molecular weight is 319 g/mol. The summed E-state index contributed by atoms with van der Waals surface area (Å²) >= 11 is 5.78. The summed E-state index contributed by atoms with van der Waals surface area (Å²) in [4.78, 5) is 8.40. The molecule has 2 rings (SSSR count). The summed E-state index contributed by atoms with van der Waals surface area (Å²) in [6, 6.07) is 11.6. The Bertz CT molecular complexity index is 611. The first-order valence-corrected chi connectivity index (χ1v) is 7.32. The van der Waals surface area contributed by atoms with Crippen LogP contribution in [0.3, 0.4) is 0 Å². The molecule has 116 valence electrons. The lowest BCUT2D eigenvalue weighted by Crippen LogP contribution is -2.33. The minimum atomic E-state index is 0.408. The molecule has 5 nitrogen and oxygen atoms in total. The number of benzene rings is 1. The molecule has 1 heterocycles. The van der Waals surface area contributed by atoms with Gasteiger partial charge in [0.25, 0.3) is 0 Å². The van der Waals surface area contributed by atoms with Crippen LogP contribution in [0.4, 0.5) is 0 Å². The van der Waals surface area contributed by atoms with Crippen molar-refractivity contribution in [2.75, 3.05) is 13.7 Å². The fourth-order valence-electron chi connectivity index (χ4n) is 1.85. The third kappa shape index (κ3) is 5.26. The number of hydrogen-bond donors (Lipinski definition) is 2. The van der Waals surface area contributed by atoms with Crippen LogP contribution in [0.2, 0.25) is 5.02 Å². The maximum atomic E-state index is 5.83. The second-order valence-electron chi connectivity index (χ2n) is 4.69. The van der Waals surface area contributed by atoms with Crippen molar-refractivity contribution < 1.29 is 4.74 Å². The van der Waals surface area contributed by atoms with Crippen molar-refractivity contribution in [2.45, 2.75) is 13.0 Å². The van der Waals surface area contributed by atoms with Gasteiger partial charge in [0.05, 0.1) is 24.4 Å². The van der Waals surface area contributed by atoms with E-state index in [9.17, 15) is 0 Å². The highest BCUT2D eigenvalue weighted by Gasteiger charge is 1.97. The molecule has 0 unspecified atom stereocenters. The minimum absolute atomic E-state index is 0.408. The predicted molar refractivity (Wildman–Crippen MR) is 89.3 cm³/mol. The van der Waals surface area contributed by atoms with E-state index >= 15 is 0 Å². The summed E-state index contributed by atoms with van der Waals surface area (Å²) in [5, 5.41) is 3.69. The zero-order chi connectivity index (χ0) is 15.8. The molecule has 0 saturated heterocycles. The van der Waals surface area contributed by atoms with Gasteiger partial charge in [0.2, 0.25) is 0 Å². The fourth-order valence-corrected chi connectivity index (χ4v) is 1.96. The van der Waals surface area contributed by atoms with E-state index in [-0.39, 0.29) is 0 Å². The van der Waals surface area contributed by atoms with Crippen molar-refractivity contribution >= 4 is 17.6 Å². The van der Waals surface area contributed by atoms with Gasteiger partial charge in [-0.1, -0.05) is 23.7 Å². The SMILES string of the molecule is COc1ccc(CCNC(N)=NCc2ccc(Cl)cn2)cc1. The standard InChI is InChI=1S/C16H19ClN4O/c1-22-15-6-2-12(3-7-15)8-9-19-16(18)21-11-14-5-4-13(17)10-20-14/h2-7,10H,8-9,11H2,1H3,(H3,18,19,21). The molecule has 0 spiro atoms. The molecular formula is C16H19ClN4O. The summed E-state index contributed by atoms with van der Waals surface area (Å²) in [6.07, 6.45) is 2.46. The zero-order valence-corrected chi connectivity index (χ0v) is 13.2. The number of nitrogens with zero attached hydrogens (tertiary/aromatic N) is 2. The maximum Gasteiger partial charge on any atom is 0.188 e. The molecule has 3 N–H and O–H groups in total. The van der Waals surface area contributed by atoms with Gasteiger partial charge in [-0.15, -0.1) is 0 Å². The minimum Gasteiger partial charge on any atom is -0.497 e. The number of ether oxygens (including phenoxy) is 1. The normalized spacial score (nSPS) is 11.3. The first-order valence-electron chi connectivity index (χ1n) is 6.94. The molecule has 0 radical (unpaired) electrons. The number of nitrogens with two attached hydrogens (primary N) is 1. The highest BCUT2D eigenvalue weighted by molar-refractivity contribution is 6.30. The van der Waals surface area contributed by atoms with Crippen LogP contribution in [0.15, 0.2) is 47.6 Å². The molecule has 0 saturated carbocycles. The predicted octanol–water partition coefficient (Wildman–Crippen LogP) is 2.39. The van der Waals surface area contributed by atoms with Crippen molar-refractivity contribution in [3.63, 3.8) is 0 Å². The molecule has 1 aromatic heterocycles. The van der Waals surface area contributed by atoms with E-state index < -0.39 is 0 Å². The maximum absolute atomic E-state index is 5.83. The van der Waals surface area contributed by atoms with Crippen molar-refractivity contribution in [3.05, 3.63) is 58.9 Å². The molecule has 2 aromatic rings. The van der Waals surface area contributed by atoms with E-state index in [2.05, 4.69) is 15.3 Å². The van der Waals surface area contributed by atoms with Crippen LogP contribution < -0.4 is 15.8 Å². The Morgan fingerprint density at radius 3 is 2.68 bits per heavy atom. The Morgan fingerprint density at radius 2 is 2.05 bits per heavy atom. The molecule has 1 aromatic carbocycles.